The molecule has 0 saturated heterocycles. The van der Waals surface area contributed by atoms with E-state index in [1.54, 1.807) is 36.2 Å². The molecular weight excluding hydrogens is 485 g/mol. The maximum Gasteiger partial charge on any atom is 0.255 e. The van der Waals surface area contributed by atoms with Crippen LogP contribution in [0.15, 0.2) is 48.5 Å². The van der Waals surface area contributed by atoms with Crippen molar-refractivity contribution in [3.63, 3.8) is 0 Å². The number of benzene rings is 2. The number of hydrogen-bond acceptors (Lipinski definition) is 5. The fourth-order valence-corrected chi connectivity index (χ4v) is 4.30. The second kappa shape index (κ2) is 11.5. The molecule has 1 aliphatic rings. The lowest BCUT2D eigenvalue weighted by Gasteiger charge is -2.20. The van der Waals surface area contributed by atoms with Gasteiger partial charge in [0, 0.05) is 35.8 Å². The van der Waals surface area contributed by atoms with Gasteiger partial charge in [-0.05, 0) is 54.8 Å². The highest BCUT2D eigenvalue weighted by molar-refractivity contribution is 6.30. The summed E-state index contributed by atoms with van der Waals surface area (Å²) in [4.78, 5) is 35.3. The number of amides is 2. The Balaban J connectivity index is 1.36. The van der Waals surface area contributed by atoms with Gasteiger partial charge in [-0.25, -0.2) is 9.97 Å². The van der Waals surface area contributed by atoms with Crippen LogP contribution >= 0.6 is 23.2 Å². The van der Waals surface area contributed by atoms with Gasteiger partial charge < -0.3 is 15.5 Å². The monoisotopic (exact) mass is 510 g/mol. The van der Waals surface area contributed by atoms with Crippen molar-refractivity contribution in [3.05, 3.63) is 81.7 Å². The number of aromatic nitrogens is 2. The first-order chi connectivity index (χ1) is 16.9. The van der Waals surface area contributed by atoms with E-state index in [4.69, 9.17) is 23.2 Å². The summed E-state index contributed by atoms with van der Waals surface area (Å²) in [6.07, 6.45) is 4.84. The van der Waals surface area contributed by atoms with Crippen LogP contribution in [-0.4, -0.2) is 41.4 Å². The molecule has 3 aromatic rings. The fraction of sp³-hybridized carbons (Fsp3) is 0.308. The molecule has 181 valence electrons. The normalized spacial score (nSPS) is 13.5. The van der Waals surface area contributed by atoms with Gasteiger partial charge in [-0.15, -0.1) is 0 Å². The standard InChI is InChI=1S/C26H26Cl2N5O2/c1-33(16-25(34)29-20-4-2-3-5-20)24-15-22(28)31-23(32-24)14-17-6-12-21(13-7-17)30-26(35)18-8-10-19(27)11-9-18/h6-13,20H,2-5,14,16H2,1H3,(H,29,34)(H,30,35). The molecular formula is C26H26Cl2N5O2. The molecule has 1 aliphatic carbocycles. The Bertz CT molecular complexity index is 1180. The first-order valence-corrected chi connectivity index (χ1v) is 12.2. The summed E-state index contributed by atoms with van der Waals surface area (Å²) in [6.45, 7) is 0.168. The van der Waals surface area contributed by atoms with E-state index >= 15 is 0 Å². The highest BCUT2D eigenvalue weighted by atomic mass is 35.5. The van der Waals surface area contributed by atoms with Crippen molar-refractivity contribution in [1.29, 1.82) is 0 Å². The predicted molar refractivity (Wildman–Crippen MR) is 138 cm³/mol. The van der Waals surface area contributed by atoms with E-state index in [2.05, 4.69) is 26.7 Å². The van der Waals surface area contributed by atoms with Crippen LogP contribution < -0.4 is 15.5 Å². The third-order valence-corrected chi connectivity index (χ3v) is 6.25. The first-order valence-electron chi connectivity index (χ1n) is 11.5. The van der Waals surface area contributed by atoms with Gasteiger partial charge in [0.1, 0.15) is 16.8 Å². The molecule has 1 heterocycles. The van der Waals surface area contributed by atoms with Crippen LogP contribution in [0.2, 0.25) is 10.2 Å². The Morgan fingerprint density at radius 3 is 2.40 bits per heavy atom. The zero-order valence-electron chi connectivity index (χ0n) is 19.4. The molecule has 1 saturated carbocycles. The quantitative estimate of drug-likeness (QED) is 0.420. The Morgan fingerprint density at radius 2 is 1.71 bits per heavy atom. The molecule has 2 N–H and O–H groups in total. The number of carbonyl (C=O) groups is 2. The smallest absolute Gasteiger partial charge is 0.255 e. The number of rotatable bonds is 8. The Morgan fingerprint density at radius 1 is 1.03 bits per heavy atom. The van der Waals surface area contributed by atoms with Crippen molar-refractivity contribution < 1.29 is 9.59 Å². The maximum absolute atomic E-state index is 12.4. The molecule has 4 rings (SSSR count). The minimum Gasteiger partial charge on any atom is -0.352 e. The SMILES string of the molecule is CN(CC(=O)NC1CCCC1)c1[c]c(Cl)nc(Cc2ccc(NC(=O)c3ccc(Cl)cc3)cc2)n1. The van der Waals surface area contributed by atoms with E-state index in [9.17, 15) is 9.59 Å². The highest BCUT2D eigenvalue weighted by Crippen LogP contribution is 2.20. The van der Waals surface area contributed by atoms with E-state index in [0.29, 0.717) is 34.3 Å². The van der Waals surface area contributed by atoms with Gasteiger partial charge in [0.15, 0.2) is 0 Å². The lowest BCUT2D eigenvalue weighted by molar-refractivity contribution is -0.120. The van der Waals surface area contributed by atoms with Gasteiger partial charge in [0.05, 0.1) is 12.6 Å². The van der Waals surface area contributed by atoms with Crippen molar-refractivity contribution in [2.75, 3.05) is 23.8 Å². The lowest BCUT2D eigenvalue weighted by atomic mass is 10.1. The van der Waals surface area contributed by atoms with Crippen LogP contribution in [-0.2, 0) is 11.2 Å². The molecule has 0 bridgehead atoms. The van der Waals surface area contributed by atoms with Crippen LogP contribution in [0, 0.1) is 6.07 Å². The molecule has 7 nitrogen and oxygen atoms in total. The second-order valence-corrected chi connectivity index (χ2v) is 9.41. The third-order valence-electron chi connectivity index (χ3n) is 5.82. The molecule has 35 heavy (non-hydrogen) atoms. The molecule has 0 spiro atoms. The predicted octanol–water partition coefficient (Wildman–Crippen LogP) is 4.92. The molecule has 1 aromatic heterocycles. The summed E-state index contributed by atoms with van der Waals surface area (Å²) in [6, 6.07) is 17.3. The van der Waals surface area contributed by atoms with Gasteiger partial charge in [-0.3, -0.25) is 9.59 Å². The minimum absolute atomic E-state index is 0.0414. The van der Waals surface area contributed by atoms with Crippen LogP contribution in [0.4, 0.5) is 11.5 Å². The number of nitrogens with zero attached hydrogens (tertiary/aromatic N) is 3. The second-order valence-electron chi connectivity index (χ2n) is 8.62. The Labute approximate surface area is 214 Å². The zero-order chi connectivity index (χ0) is 24.8. The largest absolute Gasteiger partial charge is 0.352 e. The average Bonchev–Trinajstić information content (AvgIpc) is 3.33. The summed E-state index contributed by atoms with van der Waals surface area (Å²) < 4.78 is 0. The Kier molecular flexibility index (Phi) is 8.21. The third kappa shape index (κ3) is 7.16. The van der Waals surface area contributed by atoms with E-state index in [1.165, 1.54) is 0 Å². The van der Waals surface area contributed by atoms with Gasteiger partial charge in [0.2, 0.25) is 5.91 Å². The van der Waals surface area contributed by atoms with Crippen LogP contribution in [0.3, 0.4) is 0 Å². The van der Waals surface area contributed by atoms with Gasteiger partial charge in [-0.2, -0.15) is 0 Å². The fourth-order valence-electron chi connectivity index (χ4n) is 4.00. The van der Waals surface area contributed by atoms with Crippen molar-refractivity contribution in [3.8, 4) is 0 Å². The van der Waals surface area contributed by atoms with Gasteiger partial charge >= 0.3 is 0 Å². The van der Waals surface area contributed by atoms with Crippen molar-refractivity contribution in [1.82, 2.24) is 15.3 Å². The summed E-state index contributed by atoms with van der Waals surface area (Å²) in [5.74, 6) is 0.728. The first kappa shape index (κ1) is 24.9. The zero-order valence-corrected chi connectivity index (χ0v) is 20.9. The van der Waals surface area contributed by atoms with Gasteiger partial charge in [-0.1, -0.05) is 48.2 Å². The van der Waals surface area contributed by atoms with E-state index in [1.807, 2.05) is 24.3 Å². The molecule has 0 aliphatic heterocycles. The van der Waals surface area contributed by atoms with E-state index in [-0.39, 0.29) is 29.6 Å². The number of hydrogen-bond donors (Lipinski definition) is 2. The number of likely N-dealkylation sites (N-methyl/N-ethyl adjacent to an activating group) is 1. The summed E-state index contributed by atoms with van der Waals surface area (Å²) >= 11 is 12.1. The maximum atomic E-state index is 12.4. The summed E-state index contributed by atoms with van der Waals surface area (Å²) in [5.41, 5.74) is 2.14. The summed E-state index contributed by atoms with van der Waals surface area (Å²) in [7, 11) is 1.78. The molecule has 0 atom stereocenters. The molecule has 2 amide bonds. The van der Waals surface area contributed by atoms with Gasteiger partial charge in [0.25, 0.3) is 5.91 Å². The van der Waals surface area contributed by atoms with E-state index < -0.39 is 0 Å². The van der Waals surface area contributed by atoms with Crippen LogP contribution in [0.1, 0.15) is 47.4 Å². The minimum atomic E-state index is -0.215. The highest BCUT2D eigenvalue weighted by Gasteiger charge is 2.19. The van der Waals surface area contributed by atoms with Crippen LogP contribution in [0.5, 0.6) is 0 Å². The lowest BCUT2D eigenvalue weighted by Crippen LogP contribution is -2.40. The number of anilines is 2. The molecule has 1 radical (unpaired) electrons. The number of carbonyl (C=O) groups excluding carboxylic acids is 2. The average molecular weight is 511 g/mol. The van der Waals surface area contributed by atoms with Crippen molar-refractivity contribution in [2.45, 2.75) is 38.1 Å². The summed E-state index contributed by atoms with van der Waals surface area (Å²) in [5, 5.41) is 6.71. The number of halogens is 2. The van der Waals surface area contributed by atoms with Crippen LogP contribution in [0.25, 0.3) is 0 Å². The Hall–Kier alpha value is -3.16. The van der Waals surface area contributed by atoms with Crippen molar-refractivity contribution >= 4 is 46.5 Å². The molecule has 9 heteroatoms. The molecule has 1 fully saturated rings. The van der Waals surface area contributed by atoms with E-state index in [0.717, 1.165) is 31.2 Å². The van der Waals surface area contributed by atoms with Crippen molar-refractivity contribution in [2.24, 2.45) is 0 Å². The number of nitrogens with one attached hydrogen (secondary N) is 2. The molecule has 2 aromatic carbocycles. The topological polar surface area (TPSA) is 87.2 Å². The molecule has 0 unspecified atom stereocenters.